The van der Waals surface area contributed by atoms with Crippen LogP contribution >= 0.6 is 28.6 Å². The Morgan fingerprint density at radius 3 is 2.62 bits per heavy atom. The van der Waals surface area contributed by atoms with Crippen LogP contribution in [0.15, 0.2) is 22.7 Å². The molecule has 16 heavy (non-hydrogen) atoms. The Morgan fingerprint density at radius 1 is 1.44 bits per heavy atom. The van der Waals surface area contributed by atoms with Crippen molar-refractivity contribution in [3.05, 3.63) is 28.2 Å². The third kappa shape index (κ3) is 3.40. The molecule has 0 saturated heterocycles. The number of methoxy groups -OCH3 is 1. The summed E-state index contributed by atoms with van der Waals surface area (Å²) in [5.41, 5.74) is 1.20. The Hall–Kier alpha value is -0.190. The molecule has 2 nitrogen and oxygen atoms in total. The number of hydrogen-bond acceptors (Lipinski definition) is 3. The Bertz CT molecular complexity index is 344. The summed E-state index contributed by atoms with van der Waals surface area (Å²) >= 11 is 7.82. The molecule has 0 fully saturated rings. The predicted octanol–water partition coefficient (Wildman–Crippen LogP) is 3.38. The first-order valence-corrected chi connectivity index (χ1v) is 6.63. The standard InChI is InChI=1S/C12H18BrNOS/c1-14(2)11(6-7-16)10-8-9(13)4-5-12(10)15-3/h4-5,8,11,16H,6-7H2,1-3H3. The lowest BCUT2D eigenvalue weighted by Gasteiger charge is -2.26. The summed E-state index contributed by atoms with van der Waals surface area (Å²) in [5.74, 6) is 1.79. The Labute approximate surface area is 112 Å². The van der Waals surface area contributed by atoms with E-state index in [-0.39, 0.29) is 0 Å². The lowest BCUT2D eigenvalue weighted by Crippen LogP contribution is -2.21. The summed E-state index contributed by atoms with van der Waals surface area (Å²) in [6.45, 7) is 0. The summed E-state index contributed by atoms with van der Waals surface area (Å²) in [6.07, 6.45) is 1.00. The van der Waals surface area contributed by atoms with Gasteiger partial charge < -0.3 is 9.64 Å². The maximum absolute atomic E-state index is 5.41. The second-order valence-corrected chi connectivity index (χ2v) is 5.24. The highest BCUT2D eigenvalue weighted by molar-refractivity contribution is 9.10. The second-order valence-electron chi connectivity index (χ2n) is 3.88. The van der Waals surface area contributed by atoms with E-state index in [1.165, 1.54) is 5.56 Å². The van der Waals surface area contributed by atoms with E-state index < -0.39 is 0 Å². The molecule has 1 atom stereocenters. The van der Waals surface area contributed by atoms with Crippen molar-refractivity contribution in [2.75, 3.05) is 27.0 Å². The average Bonchev–Trinajstić information content (AvgIpc) is 2.25. The minimum Gasteiger partial charge on any atom is -0.496 e. The zero-order chi connectivity index (χ0) is 12.1. The first kappa shape index (κ1) is 13.9. The van der Waals surface area contributed by atoms with Gasteiger partial charge in [0.1, 0.15) is 5.75 Å². The fourth-order valence-corrected chi connectivity index (χ4v) is 2.40. The fraction of sp³-hybridized carbons (Fsp3) is 0.500. The largest absolute Gasteiger partial charge is 0.496 e. The maximum Gasteiger partial charge on any atom is 0.123 e. The van der Waals surface area contributed by atoms with Crippen LogP contribution in [0.1, 0.15) is 18.0 Å². The maximum atomic E-state index is 5.41. The van der Waals surface area contributed by atoms with Gasteiger partial charge >= 0.3 is 0 Å². The van der Waals surface area contributed by atoms with Crippen molar-refractivity contribution >= 4 is 28.6 Å². The third-order valence-electron chi connectivity index (χ3n) is 2.58. The van der Waals surface area contributed by atoms with Crippen molar-refractivity contribution in [3.63, 3.8) is 0 Å². The van der Waals surface area contributed by atoms with Crippen LogP contribution in [0, 0.1) is 0 Å². The van der Waals surface area contributed by atoms with Crippen LogP contribution in [0.2, 0.25) is 0 Å². The van der Waals surface area contributed by atoms with E-state index in [4.69, 9.17) is 4.74 Å². The molecule has 0 saturated carbocycles. The van der Waals surface area contributed by atoms with E-state index in [1.807, 2.05) is 12.1 Å². The highest BCUT2D eigenvalue weighted by Crippen LogP contribution is 2.32. The molecule has 0 N–H and O–H groups in total. The molecule has 0 spiro atoms. The highest BCUT2D eigenvalue weighted by atomic mass is 79.9. The molecule has 1 aromatic carbocycles. The predicted molar refractivity (Wildman–Crippen MR) is 75.6 cm³/mol. The van der Waals surface area contributed by atoms with Gasteiger partial charge in [0, 0.05) is 16.1 Å². The SMILES string of the molecule is COc1ccc(Br)cc1C(CCS)N(C)C. The molecular weight excluding hydrogens is 286 g/mol. The van der Waals surface area contributed by atoms with Crippen LogP contribution in [0.5, 0.6) is 5.75 Å². The highest BCUT2D eigenvalue weighted by Gasteiger charge is 2.17. The minimum atomic E-state index is 0.338. The normalized spacial score (nSPS) is 12.9. The van der Waals surface area contributed by atoms with Crippen LogP contribution in [0.25, 0.3) is 0 Å². The van der Waals surface area contributed by atoms with Crippen LogP contribution in [-0.4, -0.2) is 31.9 Å². The number of halogens is 1. The summed E-state index contributed by atoms with van der Waals surface area (Å²) in [7, 11) is 5.86. The molecule has 0 aliphatic rings. The number of ether oxygens (including phenoxy) is 1. The number of benzene rings is 1. The number of nitrogens with zero attached hydrogens (tertiary/aromatic N) is 1. The van der Waals surface area contributed by atoms with Crippen LogP contribution in [0.4, 0.5) is 0 Å². The lowest BCUT2D eigenvalue weighted by molar-refractivity contribution is 0.283. The monoisotopic (exact) mass is 303 g/mol. The van der Waals surface area contributed by atoms with E-state index >= 15 is 0 Å². The van der Waals surface area contributed by atoms with Crippen molar-refractivity contribution < 1.29 is 4.74 Å². The van der Waals surface area contributed by atoms with Crippen LogP contribution in [0.3, 0.4) is 0 Å². The van der Waals surface area contributed by atoms with Gasteiger partial charge in [-0.25, -0.2) is 0 Å². The van der Waals surface area contributed by atoms with E-state index in [0.29, 0.717) is 6.04 Å². The van der Waals surface area contributed by atoms with Gasteiger partial charge in [-0.1, -0.05) is 15.9 Å². The molecule has 1 rings (SSSR count). The summed E-state index contributed by atoms with van der Waals surface area (Å²) in [4.78, 5) is 2.19. The molecule has 0 aromatic heterocycles. The molecule has 1 aromatic rings. The molecule has 0 aliphatic heterocycles. The molecule has 1 unspecified atom stereocenters. The number of rotatable bonds is 5. The fourth-order valence-electron chi connectivity index (χ4n) is 1.78. The molecular formula is C12H18BrNOS. The second kappa shape index (κ2) is 6.52. The van der Waals surface area contributed by atoms with E-state index in [9.17, 15) is 0 Å². The number of hydrogen-bond donors (Lipinski definition) is 1. The number of thiol groups is 1. The van der Waals surface area contributed by atoms with Gasteiger partial charge in [0.2, 0.25) is 0 Å². The lowest BCUT2D eigenvalue weighted by atomic mass is 10.0. The Morgan fingerprint density at radius 2 is 2.12 bits per heavy atom. The first-order valence-electron chi connectivity index (χ1n) is 5.21. The molecule has 0 heterocycles. The van der Waals surface area contributed by atoms with Crippen molar-refractivity contribution in [3.8, 4) is 5.75 Å². The van der Waals surface area contributed by atoms with Crippen molar-refractivity contribution in [2.45, 2.75) is 12.5 Å². The quantitative estimate of drug-likeness (QED) is 0.837. The molecule has 0 aliphatic carbocycles. The van der Waals surface area contributed by atoms with Crippen LogP contribution < -0.4 is 4.74 Å². The Balaban J connectivity index is 3.10. The zero-order valence-corrected chi connectivity index (χ0v) is 12.4. The van der Waals surface area contributed by atoms with Gasteiger partial charge in [-0.3, -0.25) is 0 Å². The van der Waals surface area contributed by atoms with Gasteiger partial charge in [0.05, 0.1) is 7.11 Å². The van der Waals surface area contributed by atoms with Gasteiger partial charge in [-0.15, -0.1) is 0 Å². The topological polar surface area (TPSA) is 12.5 Å². The molecule has 90 valence electrons. The first-order chi connectivity index (χ1) is 7.60. The van der Waals surface area contributed by atoms with Gasteiger partial charge in [-0.2, -0.15) is 12.6 Å². The minimum absolute atomic E-state index is 0.338. The molecule has 0 bridgehead atoms. The molecule has 0 amide bonds. The zero-order valence-electron chi connectivity index (χ0n) is 9.90. The van der Waals surface area contributed by atoms with E-state index in [2.05, 4.69) is 53.6 Å². The van der Waals surface area contributed by atoms with E-state index in [1.54, 1.807) is 7.11 Å². The smallest absolute Gasteiger partial charge is 0.123 e. The van der Waals surface area contributed by atoms with Gasteiger partial charge in [0.15, 0.2) is 0 Å². The summed E-state index contributed by atoms with van der Waals surface area (Å²) in [6, 6.07) is 6.45. The molecule has 0 radical (unpaired) electrons. The molecule has 4 heteroatoms. The Kier molecular flexibility index (Phi) is 5.66. The summed E-state index contributed by atoms with van der Waals surface area (Å²) < 4.78 is 6.48. The van der Waals surface area contributed by atoms with Crippen molar-refractivity contribution in [1.82, 2.24) is 4.90 Å². The summed E-state index contributed by atoms with van der Waals surface area (Å²) in [5, 5.41) is 0. The van der Waals surface area contributed by atoms with Crippen molar-refractivity contribution in [2.24, 2.45) is 0 Å². The van der Waals surface area contributed by atoms with Gasteiger partial charge in [0.25, 0.3) is 0 Å². The average molecular weight is 304 g/mol. The third-order valence-corrected chi connectivity index (χ3v) is 3.33. The van der Waals surface area contributed by atoms with Crippen LogP contribution in [-0.2, 0) is 0 Å². The van der Waals surface area contributed by atoms with E-state index in [0.717, 1.165) is 22.4 Å². The van der Waals surface area contributed by atoms with Gasteiger partial charge in [-0.05, 0) is 44.5 Å². The van der Waals surface area contributed by atoms with Crippen molar-refractivity contribution in [1.29, 1.82) is 0 Å².